The average molecular weight is 182 g/mol. The zero-order valence-electron chi connectivity index (χ0n) is 8.18. The van der Waals surface area contributed by atoms with Gasteiger partial charge in [-0.25, -0.2) is 0 Å². The van der Waals surface area contributed by atoms with E-state index in [-0.39, 0.29) is 11.8 Å². The van der Waals surface area contributed by atoms with E-state index >= 15 is 0 Å². The van der Waals surface area contributed by atoms with Gasteiger partial charge in [-0.15, -0.1) is 0 Å². The van der Waals surface area contributed by atoms with Crippen molar-refractivity contribution >= 4 is 11.8 Å². The van der Waals surface area contributed by atoms with Gasteiger partial charge in [0.2, 0.25) is 0 Å². The fourth-order valence-electron chi connectivity index (χ4n) is 1.39. The van der Waals surface area contributed by atoms with Crippen LogP contribution in [0.3, 0.4) is 0 Å². The molecule has 1 N–H and O–H groups in total. The molecule has 0 aromatic carbocycles. The van der Waals surface area contributed by atoms with Gasteiger partial charge in [0.25, 0.3) is 11.8 Å². The van der Waals surface area contributed by atoms with Crippen LogP contribution in [0, 0.1) is 0 Å². The van der Waals surface area contributed by atoms with Crippen LogP contribution in [0.2, 0.25) is 0 Å². The fourth-order valence-corrected chi connectivity index (χ4v) is 1.39. The Kier molecular flexibility index (Phi) is 2.70. The maximum absolute atomic E-state index is 11.5. The third-order valence-corrected chi connectivity index (χ3v) is 2.09. The molecule has 0 spiro atoms. The van der Waals surface area contributed by atoms with Crippen molar-refractivity contribution in [1.82, 2.24) is 10.2 Å². The molecule has 0 fully saturated rings. The SMILES string of the molecule is CCNC1=C(CC)C(=O)N(C)C1=O. The molecule has 0 unspecified atom stereocenters. The Labute approximate surface area is 77.6 Å². The minimum absolute atomic E-state index is 0.177. The summed E-state index contributed by atoms with van der Waals surface area (Å²) in [5.74, 6) is -0.396. The Morgan fingerprint density at radius 2 is 1.85 bits per heavy atom. The molecule has 13 heavy (non-hydrogen) atoms. The fraction of sp³-hybridized carbons (Fsp3) is 0.556. The van der Waals surface area contributed by atoms with E-state index in [9.17, 15) is 9.59 Å². The Morgan fingerprint density at radius 3 is 2.31 bits per heavy atom. The van der Waals surface area contributed by atoms with E-state index in [4.69, 9.17) is 0 Å². The molecule has 0 saturated carbocycles. The summed E-state index contributed by atoms with van der Waals surface area (Å²) in [5.41, 5.74) is 1.06. The quantitative estimate of drug-likeness (QED) is 0.637. The second kappa shape index (κ2) is 3.60. The average Bonchev–Trinajstić information content (AvgIpc) is 2.32. The Morgan fingerprint density at radius 1 is 1.23 bits per heavy atom. The van der Waals surface area contributed by atoms with E-state index in [0.717, 1.165) is 4.90 Å². The lowest BCUT2D eigenvalue weighted by Crippen LogP contribution is -2.29. The second-order valence-electron chi connectivity index (χ2n) is 2.91. The molecular formula is C9H14N2O2. The standard InChI is InChI=1S/C9H14N2O2/c1-4-6-7(10-5-2)9(13)11(3)8(6)12/h10H,4-5H2,1-3H3. The van der Waals surface area contributed by atoms with Gasteiger partial charge in [-0.05, 0) is 13.3 Å². The first-order chi connectivity index (χ1) is 6.13. The number of rotatable bonds is 3. The number of imide groups is 1. The predicted molar refractivity (Wildman–Crippen MR) is 48.8 cm³/mol. The van der Waals surface area contributed by atoms with Crippen LogP contribution in [0.15, 0.2) is 11.3 Å². The van der Waals surface area contributed by atoms with Gasteiger partial charge in [0.1, 0.15) is 5.70 Å². The summed E-state index contributed by atoms with van der Waals surface area (Å²) in [6.07, 6.45) is 0.594. The van der Waals surface area contributed by atoms with Gasteiger partial charge in [-0.1, -0.05) is 6.92 Å². The number of likely N-dealkylation sites (N-methyl/N-ethyl adjacent to an activating group) is 2. The number of hydrogen-bond donors (Lipinski definition) is 1. The Bertz CT molecular complexity index is 281. The molecule has 0 radical (unpaired) electrons. The third kappa shape index (κ3) is 1.43. The van der Waals surface area contributed by atoms with Crippen LogP contribution < -0.4 is 5.32 Å². The molecule has 1 rings (SSSR count). The van der Waals surface area contributed by atoms with E-state index < -0.39 is 0 Å². The highest BCUT2D eigenvalue weighted by Gasteiger charge is 2.33. The predicted octanol–water partition coefficient (Wildman–Crippen LogP) is 0.259. The number of carbonyl (C=O) groups excluding carboxylic acids is 2. The normalized spacial score (nSPS) is 17.3. The third-order valence-electron chi connectivity index (χ3n) is 2.09. The summed E-state index contributed by atoms with van der Waals surface area (Å²) in [6, 6.07) is 0. The molecule has 0 bridgehead atoms. The summed E-state index contributed by atoms with van der Waals surface area (Å²) in [4.78, 5) is 24.0. The first-order valence-corrected chi connectivity index (χ1v) is 4.42. The lowest BCUT2D eigenvalue weighted by atomic mass is 10.2. The first-order valence-electron chi connectivity index (χ1n) is 4.42. The zero-order chi connectivity index (χ0) is 10.0. The number of nitrogens with one attached hydrogen (secondary N) is 1. The maximum atomic E-state index is 11.5. The Hall–Kier alpha value is -1.32. The van der Waals surface area contributed by atoms with Crippen LogP contribution in [-0.4, -0.2) is 30.3 Å². The zero-order valence-corrected chi connectivity index (χ0v) is 8.18. The van der Waals surface area contributed by atoms with Gasteiger partial charge in [-0.2, -0.15) is 0 Å². The molecule has 1 aliphatic rings. The van der Waals surface area contributed by atoms with E-state index in [1.807, 2.05) is 13.8 Å². The van der Waals surface area contributed by atoms with Crippen molar-refractivity contribution in [3.8, 4) is 0 Å². The lowest BCUT2D eigenvalue weighted by molar-refractivity contribution is -0.136. The Balaban J connectivity index is 3.02. The summed E-state index contributed by atoms with van der Waals surface area (Å²) >= 11 is 0. The van der Waals surface area contributed by atoms with E-state index in [1.54, 1.807) is 0 Å². The van der Waals surface area contributed by atoms with Crippen LogP contribution in [0.5, 0.6) is 0 Å². The summed E-state index contributed by atoms with van der Waals surface area (Å²) in [6.45, 7) is 4.43. The van der Waals surface area contributed by atoms with Crippen molar-refractivity contribution in [2.75, 3.05) is 13.6 Å². The molecule has 0 atom stereocenters. The van der Waals surface area contributed by atoms with Crippen LogP contribution in [-0.2, 0) is 9.59 Å². The second-order valence-corrected chi connectivity index (χ2v) is 2.91. The van der Waals surface area contributed by atoms with Gasteiger partial charge in [0.15, 0.2) is 0 Å². The van der Waals surface area contributed by atoms with Crippen LogP contribution in [0.1, 0.15) is 20.3 Å². The largest absolute Gasteiger partial charge is 0.380 e. The number of hydrogen-bond acceptors (Lipinski definition) is 3. The van der Waals surface area contributed by atoms with Crippen molar-refractivity contribution in [3.05, 3.63) is 11.3 Å². The number of nitrogens with zero attached hydrogens (tertiary/aromatic N) is 1. The molecule has 0 aromatic heterocycles. The molecular weight excluding hydrogens is 168 g/mol. The summed E-state index contributed by atoms with van der Waals surface area (Å²) in [7, 11) is 1.50. The van der Waals surface area contributed by atoms with Crippen LogP contribution in [0.25, 0.3) is 0 Å². The van der Waals surface area contributed by atoms with Crippen molar-refractivity contribution < 1.29 is 9.59 Å². The highest BCUT2D eigenvalue weighted by Crippen LogP contribution is 2.19. The molecule has 1 heterocycles. The lowest BCUT2D eigenvalue weighted by Gasteiger charge is -2.06. The molecule has 0 saturated heterocycles. The minimum atomic E-state index is -0.219. The highest BCUT2D eigenvalue weighted by atomic mass is 16.2. The topological polar surface area (TPSA) is 49.4 Å². The molecule has 4 nitrogen and oxygen atoms in total. The molecule has 4 heteroatoms. The molecule has 72 valence electrons. The van der Waals surface area contributed by atoms with Gasteiger partial charge in [0.05, 0.1) is 0 Å². The molecule has 1 aliphatic heterocycles. The van der Waals surface area contributed by atoms with Gasteiger partial charge in [-0.3, -0.25) is 14.5 Å². The van der Waals surface area contributed by atoms with E-state index in [2.05, 4.69) is 5.32 Å². The monoisotopic (exact) mass is 182 g/mol. The number of amides is 2. The van der Waals surface area contributed by atoms with Crippen molar-refractivity contribution in [2.45, 2.75) is 20.3 Å². The number of carbonyl (C=O) groups is 2. The molecule has 0 aromatic rings. The van der Waals surface area contributed by atoms with Crippen molar-refractivity contribution in [1.29, 1.82) is 0 Å². The smallest absolute Gasteiger partial charge is 0.277 e. The van der Waals surface area contributed by atoms with Gasteiger partial charge in [0, 0.05) is 19.2 Å². The van der Waals surface area contributed by atoms with Crippen LogP contribution in [0.4, 0.5) is 0 Å². The maximum Gasteiger partial charge on any atom is 0.277 e. The first kappa shape index (κ1) is 9.77. The van der Waals surface area contributed by atoms with Crippen LogP contribution >= 0.6 is 0 Å². The highest BCUT2D eigenvalue weighted by molar-refractivity contribution is 6.18. The van der Waals surface area contributed by atoms with Crippen molar-refractivity contribution in [3.63, 3.8) is 0 Å². The van der Waals surface area contributed by atoms with Crippen molar-refractivity contribution in [2.24, 2.45) is 0 Å². The minimum Gasteiger partial charge on any atom is -0.380 e. The molecule has 2 amide bonds. The van der Waals surface area contributed by atoms with E-state index in [1.165, 1.54) is 7.05 Å². The summed E-state index contributed by atoms with van der Waals surface area (Å²) < 4.78 is 0. The van der Waals surface area contributed by atoms with Gasteiger partial charge >= 0.3 is 0 Å². The van der Waals surface area contributed by atoms with Gasteiger partial charge < -0.3 is 5.32 Å². The molecule has 0 aliphatic carbocycles. The summed E-state index contributed by atoms with van der Waals surface area (Å²) in [5, 5.41) is 2.92. The van der Waals surface area contributed by atoms with E-state index in [0.29, 0.717) is 24.2 Å².